The fourth-order valence-corrected chi connectivity index (χ4v) is 6.94. The van der Waals surface area contributed by atoms with E-state index in [1.807, 2.05) is 47.8 Å². The first-order valence-corrected chi connectivity index (χ1v) is 12.2. The topological polar surface area (TPSA) is 42.9 Å². The molecule has 2 aromatic rings. The Morgan fingerprint density at radius 2 is 1.46 bits per heavy atom. The summed E-state index contributed by atoms with van der Waals surface area (Å²) in [6.07, 6.45) is 2.92. The van der Waals surface area contributed by atoms with Crippen LogP contribution < -0.4 is 0 Å². The van der Waals surface area contributed by atoms with Gasteiger partial charge in [0.2, 0.25) is 0 Å². The summed E-state index contributed by atoms with van der Waals surface area (Å²) in [6, 6.07) is 12.3. The molecule has 0 amide bonds. The van der Waals surface area contributed by atoms with Crippen molar-refractivity contribution in [3.63, 3.8) is 0 Å². The molecule has 0 spiro atoms. The minimum absolute atomic E-state index is 0.353. The fraction of sp³-hybridized carbons (Fsp3) is 0.450. The van der Waals surface area contributed by atoms with Gasteiger partial charge in [0.1, 0.15) is 6.16 Å². The molecule has 143 valence electrons. The van der Waals surface area contributed by atoms with Crippen molar-refractivity contribution in [3.05, 3.63) is 48.3 Å². The number of hydrogen-bond donors (Lipinski definition) is 0. The summed E-state index contributed by atoms with van der Waals surface area (Å²) in [5.74, 6) is 0. The zero-order chi connectivity index (χ0) is 20.4. The van der Waals surface area contributed by atoms with E-state index in [1.165, 1.54) is 5.69 Å². The first-order valence-electron chi connectivity index (χ1n) is 8.29. The van der Waals surface area contributed by atoms with Crippen LogP contribution in [0.25, 0.3) is 11.4 Å². The number of halogens is 1. The summed E-state index contributed by atoms with van der Waals surface area (Å²) in [4.78, 5) is 17.0. The first-order chi connectivity index (χ1) is 12.2. The average Bonchev–Trinajstić information content (AvgIpc) is 2.62. The van der Waals surface area contributed by atoms with E-state index >= 15 is 0 Å². The zero-order valence-electron chi connectivity index (χ0n) is 16.4. The maximum absolute atomic E-state index is 7.75. The van der Waals surface area contributed by atoms with Crippen molar-refractivity contribution in [1.82, 2.24) is 9.97 Å². The number of hydrogen-bond acceptors (Lipinski definition) is 3. The van der Waals surface area contributed by atoms with Crippen molar-refractivity contribution in [2.24, 2.45) is 0 Å². The van der Waals surface area contributed by atoms with Gasteiger partial charge in [-0.05, 0) is 65.8 Å². The normalized spacial score (nSPS) is 11.1. The van der Waals surface area contributed by atoms with E-state index in [0.29, 0.717) is 10.3 Å². The molecule has 6 heteroatoms. The molecule has 0 N–H and O–H groups in total. The summed E-state index contributed by atoms with van der Waals surface area (Å²) in [6.45, 7) is 17.5. The van der Waals surface area contributed by atoms with Gasteiger partial charge >= 0.3 is 27.0 Å². The van der Waals surface area contributed by atoms with Crippen LogP contribution in [0.15, 0.2) is 42.6 Å². The Morgan fingerprint density at radius 1 is 0.923 bits per heavy atom. The summed E-state index contributed by atoms with van der Waals surface area (Å²) < 4.78 is 0. The first kappa shape index (κ1) is 25.3. The molecule has 0 saturated heterocycles. The van der Waals surface area contributed by atoms with Gasteiger partial charge in [-0.1, -0.05) is 12.1 Å². The third-order valence-corrected chi connectivity index (χ3v) is 8.24. The Bertz CT molecular complexity index is 628. The van der Waals surface area contributed by atoms with Gasteiger partial charge in [0.15, 0.2) is 0 Å². The van der Waals surface area contributed by atoms with Crippen molar-refractivity contribution >= 4 is 24.4 Å². The number of rotatable bonds is 3. The van der Waals surface area contributed by atoms with Gasteiger partial charge in [-0.3, -0.25) is 11.8 Å². The monoisotopic (exact) mass is 481 g/mol. The van der Waals surface area contributed by atoms with E-state index in [9.17, 15) is 0 Å². The number of carbonyl (C=O) groups excluding carboxylic acids is 1. The molecule has 0 fully saturated rings. The van der Waals surface area contributed by atoms with Gasteiger partial charge < -0.3 is 4.79 Å². The quantitative estimate of drug-likeness (QED) is 0.239. The molecule has 0 radical (unpaired) electrons. The van der Waals surface area contributed by atoms with Crippen LogP contribution in [0, 0.1) is 0 Å². The van der Waals surface area contributed by atoms with E-state index in [2.05, 4.69) is 75.1 Å². The van der Waals surface area contributed by atoms with Gasteiger partial charge in [0.05, 0.1) is 27.4 Å². The van der Waals surface area contributed by atoms with Crippen molar-refractivity contribution in [2.75, 3.05) is 0 Å². The SMILES string of the molecule is CC(C)(C)[PH+](Cc1cccc(-c2ccccn2)n1)C(C)(C)C.[CH-]=O.[Cl][Ru+2]. The van der Waals surface area contributed by atoms with Gasteiger partial charge in [-0.15, -0.1) is 0 Å². The van der Waals surface area contributed by atoms with E-state index in [4.69, 9.17) is 9.78 Å². The summed E-state index contributed by atoms with van der Waals surface area (Å²) in [5.41, 5.74) is 3.12. The van der Waals surface area contributed by atoms with Crippen LogP contribution in [0.1, 0.15) is 47.2 Å². The third-order valence-electron chi connectivity index (χ3n) is 3.90. The van der Waals surface area contributed by atoms with Crippen LogP contribution in [0.5, 0.6) is 0 Å². The molecule has 0 aliphatic heterocycles. The predicted octanol–water partition coefficient (Wildman–Crippen LogP) is 5.87. The second-order valence-corrected chi connectivity index (χ2v) is 12.2. The van der Waals surface area contributed by atoms with E-state index in [0.717, 1.165) is 17.5 Å². The fourth-order valence-electron chi connectivity index (χ4n) is 3.07. The summed E-state index contributed by atoms with van der Waals surface area (Å²) in [7, 11) is 3.96. The Labute approximate surface area is 173 Å². The Balaban J connectivity index is 0.00000146. The van der Waals surface area contributed by atoms with Crippen molar-refractivity contribution < 1.29 is 22.1 Å². The van der Waals surface area contributed by atoms with Crippen LogP contribution in [0.2, 0.25) is 0 Å². The molecule has 0 saturated carbocycles. The standard InChI is InChI=1S/C19H27N2P.CHO.ClH.Ru/c1-18(2,3)22(19(4,5)6)14-15-10-9-12-17(21-15)16-11-7-8-13-20-16;1-2;;/h7-13H,14H2,1-6H3;1H;1H;/q;-1;;+3. The van der Waals surface area contributed by atoms with Crippen molar-refractivity contribution in [1.29, 1.82) is 0 Å². The van der Waals surface area contributed by atoms with Crippen molar-refractivity contribution in [3.8, 4) is 11.4 Å². The minimum atomic E-state index is -0.609. The molecule has 2 rings (SSSR count). The molecule has 26 heavy (non-hydrogen) atoms. The van der Waals surface area contributed by atoms with Crippen LogP contribution in [0.4, 0.5) is 0 Å². The van der Waals surface area contributed by atoms with Gasteiger partial charge in [0, 0.05) is 14.1 Å². The molecule has 0 unspecified atom stereocenters. The molecule has 0 aromatic carbocycles. The molecule has 2 heterocycles. The Morgan fingerprint density at radius 3 is 1.92 bits per heavy atom. The molecule has 0 aliphatic rings. The van der Waals surface area contributed by atoms with Crippen LogP contribution in [-0.4, -0.2) is 27.1 Å². The average molecular weight is 481 g/mol. The van der Waals surface area contributed by atoms with E-state index in [-0.39, 0.29) is 0 Å². The molecule has 3 nitrogen and oxygen atoms in total. The molecule has 0 atom stereocenters. The van der Waals surface area contributed by atoms with Crippen LogP contribution in [0.3, 0.4) is 0 Å². The number of aromatic nitrogens is 2. The molecule has 2 aromatic heterocycles. The van der Waals surface area contributed by atoms with Gasteiger partial charge in [0.25, 0.3) is 0 Å². The molecular weight excluding hydrogens is 452 g/mol. The Kier molecular flexibility index (Phi) is 11.6. The molecule has 0 bridgehead atoms. The second-order valence-electron chi connectivity index (χ2n) is 7.88. The van der Waals surface area contributed by atoms with Gasteiger partial charge in [-0.2, -0.15) is 0 Å². The molecule has 0 aliphatic carbocycles. The second kappa shape index (κ2) is 11.9. The summed E-state index contributed by atoms with van der Waals surface area (Å²) in [5, 5.41) is 0.706. The zero-order valence-corrected chi connectivity index (χ0v) is 19.9. The summed E-state index contributed by atoms with van der Waals surface area (Å²) >= 11 is 1.82. The number of nitrogens with zero attached hydrogens (tertiary/aromatic N) is 2. The molecular formula is C20H29ClN2OPRu+2. The van der Waals surface area contributed by atoms with Gasteiger partial charge in [-0.25, -0.2) is 4.98 Å². The number of pyridine rings is 2. The third kappa shape index (κ3) is 8.34. The van der Waals surface area contributed by atoms with Crippen LogP contribution in [-0.2, 0) is 28.3 Å². The maximum atomic E-state index is 7.75. The Hall–Kier alpha value is -0.687. The van der Waals surface area contributed by atoms with E-state index < -0.39 is 7.92 Å². The van der Waals surface area contributed by atoms with Crippen molar-refractivity contribution in [2.45, 2.75) is 58.0 Å². The van der Waals surface area contributed by atoms with Crippen LogP contribution >= 0.6 is 17.6 Å². The predicted molar refractivity (Wildman–Crippen MR) is 112 cm³/mol. The van der Waals surface area contributed by atoms with E-state index in [1.54, 1.807) is 0 Å².